The molecule has 3 aromatic rings. The fourth-order valence-corrected chi connectivity index (χ4v) is 7.00. The smallest absolute Gasteiger partial charge is 0.415 e. The summed E-state index contributed by atoms with van der Waals surface area (Å²) in [6.07, 6.45) is 1.74. The van der Waals surface area contributed by atoms with E-state index in [1.54, 1.807) is 12.1 Å². The van der Waals surface area contributed by atoms with Crippen molar-refractivity contribution in [2.75, 3.05) is 37.6 Å². The van der Waals surface area contributed by atoms with Gasteiger partial charge in [0.25, 0.3) is 0 Å². The summed E-state index contributed by atoms with van der Waals surface area (Å²) in [7, 11) is -3.63. The van der Waals surface area contributed by atoms with Crippen molar-refractivity contribution in [3.63, 3.8) is 0 Å². The summed E-state index contributed by atoms with van der Waals surface area (Å²) in [5.74, 6) is 0.138. The van der Waals surface area contributed by atoms with Crippen LogP contribution in [0.5, 0.6) is 0 Å². The largest absolute Gasteiger partial charge is 0.443 e. The van der Waals surface area contributed by atoms with E-state index in [1.807, 2.05) is 75.4 Å². The molecule has 1 fully saturated rings. The number of carbonyl (C=O) groups is 2. The SMILES string of the molecule is CC(C)(C)OC(=O)N1c2ccccc2CC1C(=O)NCC1CCN(CCNS(=O)(=O)c2cccc3ccccc23)CC1. The summed E-state index contributed by atoms with van der Waals surface area (Å²) in [5, 5.41) is 4.70. The van der Waals surface area contributed by atoms with Crippen LogP contribution >= 0.6 is 0 Å². The zero-order valence-corrected chi connectivity index (χ0v) is 25.3. The van der Waals surface area contributed by atoms with Crippen LogP contribution in [0.2, 0.25) is 0 Å². The Hall–Kier alpha value is -3.47. The second-order valence-corrected chi connectivity index (χ2v) is 13.8. The van der Waals surface area contributed by atoms with Crippen LogP contribution in [0.4, 0.5) is 10.5 Å². The molecule has 0 aromatic heterocycles. The number of amides is 2. The van der Waals surface area contributed by atoms with Crippen molar-refractivity contribution in [1.29, 1.82) is 0 Å². The molecule has 0 radical (unpaired) electrons. The first-order valence-electron chi connectivity index (χ1n) is 14.6. The van der Waals surface area contributed by atoms with Gasteiger partial charge in [-0.2, -0.15) is 0 Å². The van der Waals surface area contributed by atoms with Crippen molar-refractivity contribution in [2.24, 2.45) is 5.92 Å². The molecule has 2 aliphatic rings. The predicted octanol–water partition coefficient (Wildman–Crippen LogP) is 4.31. The van der Waals surface area contributed by atoms with Crippen LogP contribution in [-0.2, 0) is 26.0 Å². The topological polar surface area (TPSA) is 108 Å². The van der Waals surface area contributed by atoms with Crippen LogP contribution in [0.25, 0.3) is 10.8 Å². The van der Waals surface area contributed by atoms with Gasteiger partial charge in [-0.1, -0.05) is 54.6 Å². The monoisotopic (exact) mass is 592 g/mol. The molecule has 10 heteroatoms. The van der Waals surface area contributed by atoms with E-state index >= 15 is 0 Å². The Balaban J connectivity index is 1.09. The summed E-state index contributed by atoms with van der Waals surface area (Å²) in [6, 6.07) is 19.7. The van der Waals surface area contributed by atoms with Crippen LogP contribution in [0.15, 0.2) is 71.6 Å². The van der Waals surface area contributed by atoms with Gasteiger partial charge in [-0.25, -0.2) is 17.9 Å². The molecule has 1 atom stereocenters. The van der Waals surface area contributed by atoms with Crippen LogP contribution in [0, 0.1) is 5.92 Å². The third-order valence-electron chi connectivity index (χ3n) is 7.90. The number of rotatable bonds is 8. The Morgan fingerprint density at radius 2 is 1.64 bits per heavy atom. The number of piperidine rings is 1. The number of ether oxygens (including phenoxy) is 1. The lowest BCUT2D eigenvalue weighted by Gasteiger charge is -2.32. The minimum atomic E-state index is -3.63. The van der Waals surface area contributed by atoms with Gasteiger partial charge in [0.1, 0.15) is 11.6 Å². The number of hydrogen-bond donors (Lipinski definition) is 2. The number of carbonyl (C=O) groups excluding carboxylic acids is 2. The maximum absolute atomic E-state index is 13.3. The van der Waals surface area contributed by atoms with Gasteiger partial charge in [0.2, 0.25) is 15.9 Å². The lowest BCUT2D eigenvalue weighted by Crippen LogP contribution is -2.50. The highest BCUT2D eigenvalue weighted by atomic mass is 32.2. The maximum Gasteiger partial charge on any atom is 0.415 e. The van der Waals surface area contributed by atoms with Gasteiger partial charge in [0.15, 0.2) is 0 Å². The summed E-state index contributed by atoms with van der Waals surface area (Å²) in [5.41, 5.74) is 1.00. The first kappa shape index (κ1) is 30.0. The van der Waals surface area contributed by atoms with Crippen molar-refractivity contribution >= 4 is 38.5 Å². The third-order valence-corrected chi connectivity index (χ3v) is 9.42. The number of likely N-dealkylation sites (tertiary alicyclic amines) is 1. The molecule has 0 bridgehead atoms. The minimum Gasteiger partial charge on any atom is -0.443 e. The molecule has 2 amide bonds. The molecular weight excluding hydrogens is 552 g/mol. The van der Waals surface area contributed by atoms with Crippen molar-refractivity contribution < 1.29 is 22.7 Å². The van der Waals surface area contributed by atoms with Gasteiger partial charge in [-0.05, 0) is 75.7 Å². The number of hydrogen-bond acceptors (Lipinski definition) is 6. The van der Waals surface area contributed by atoms with Gasteiger partial charge in [-0.3, -0.25) is 9.69 Å². The van der Waals surface area contributed by atoms with E-state index in [9.17, 15) is 18.0 Å². The van der Waals surface area contributed by atoms with Crippen molar-refractivity contribution in [3.8, 4) is 0 Å². The van der Waals surface area contributed by atoms with E-state index in [0.29, 0.717) is 42.3 Å². The highest BCUT2D eigenvalue weighted by Crippen LogP contribution is 2.33. The molecule has 5 rings (SSSR count). The average Bonchev–Trinajstić information content (AvgIpc) is 3.35. The number of nitrogens with one attached hydrogen (secondary N) is 2. The predicted molar refractivity (Wildman–Crippen MR) is 164 cm³/mol. The zero-order chi connectivity index (χ0) is 29.9. The average molecular weight is 593 g/mol. The third kappa shape index (κ3) is 6.94. The number of para-hydroxylation sites is 1. The van der Waals surface area contributed by atoms with Crippen molar-refractivity contribution in [3.05, 3.63) is 72.3 Å². The summed E-state index contributed by atoms with van der Waals surface area (Å²) >= 11 is 0. The second-order valence-electron chi connectivity index (χ2n) is 12.1. The quantitative estimate of drug-likeness (QED) is 0.404. The summed E-state index contributed by atoms with van der Waals surface area (Å²) < 4.78 is 34.4. The lowest BCUT2D eigenvalue weighted by atomic mass is 9.96. The minimum absolute atomic E-state index is 0.178. The summed E-state index contributed by atoms with van der Waals surface area (Å²) in [4.78, 5) is 30.4. The highest BCUT2D eigenvalue weighted by molar-refractivity contribution is 7.89. The number of nitrogens with zero attached hydrogens (tertiary/aromatic N) is 2. The normalized spacial score (nSPS) is 18.2. The van der Waals surface area contributed by atoms with E-state index in [-0.39, 0.29) is 5.91 Å². The van der Waals surface area contributed by atoms with Crippen LogP contribution < -0.4 is 14.9 Å². The first-order chi connectivity index (χ1) is 20.0. The van der Waals surface area contributed by atoms with Crippen LogP contribution in [-0.4, -0.2) is 69.7 Å². The van der Waals surface area contributed by atoms with Crippen molar-refractivity contribution in [1.82, 2.24) is 14.9 Å². The van der Waals surface area contributed by atoms with E-state index in [2.05, 4.69) is 14.9 Å². The van der Waals surface area contributed by atoms with E-state index in [4.69, 9.17) is 4.74 Å². The van der Waals surface area contributed by atoms with E-state index < -0.39 is 27.8 Å². The highest BCUT2D eigenvalue weighted by Gasteiger charge is 2.40. The Kier molecular flexibility index (Phi) is 8.86. The Morgan fingerprint density at radius 3 is 2.40 bits per heavy atom. The fraction of sp³-hybridized carbons (Fsp3) is 0.438. The standard InChI is InChI=1S/C32H40N4O5S/c1-32(2,3)41-31(38)36-27-13-7-5-10-25(27)21-28(36)30(37)33-22-23-15-18-35(19-16-23)20-17-34-42(39,40)29-14-8-11-24-9-4-6-12-26(24)29/h4-14,23,28,34H,15-22H2,1-3H3,(H,33,37). The Morgan fingerprint density at radius 1 is 0.952 bits per heavy atom. The molecule has 2 N–H and O–H groups in total. The van der Waals surface area contributed by atoms with Gasteiger partial charge in [-0.15, -0.1) is 0 Å². The van der Waals surface area contributed by atoms with Crippen LogP contribution in [0.3, 0.4) is 0 Å². The zero-order valence-electron chi connectivity index (χ0n) is 24.5. The second kappa shape index (κ2) is 12.4. The molecular formula is C32H40N4O5S. The molecule has 2 heterocycles. The summed E-state index contributed by atoms with van der Waals surface area (Å²) in [6.45, 7) is 8.58. The first-order valence-corrected chi connectivity index (χ1v) is 16.1. The molecule has 0 spiro atoms. The maximum atomic E-state index is 13.3. The van der Waals surface area contributed by atoms with Gasteiger partial charge < -0.3 is 15.0 Å². The lowest BCUT2D eigenvalue weighted by molar-refractivity contribution is -0.122. The number of sulfonamides is 1. The number of anilines is 1. The molecule has 1 unspecified atom stereocenters. The van der Waals surface area contributed by atoms with Crippen LogP contribution in [0.1, 0.15) is 39.2 Å². The molecule has 2 aliphatic heterocycles. The molecule has 224 valence electrons. The number of fused-ring (bicyclic) bond motifs is 2. The number of benzene rings is 3. The Bertz CT molecular complexity index is 1540. The molecule has 1 saturated heterocycles. The molecule has 0 saturated carbocycles. The van der Waals surface area contributed by atoms with E-state index in [0.717, 1.165) is 42.6 Å². The molecule has 42 heavy (non-hydrogen) atoms. The van der Waals surface area contributed by atoms with Gasteiger partial charge in [0.05, 0.1) is 10.6 Å². The fourth-order valence-electron chi connectivity index (χ4n) is 5.76. The molecule has 0 aliphatic carbocycles. The van der Waals surface area contributed by atoms with Gasteiger partial charge in [0, 0.05) is 31.4 Å². The molecule has 3 aromatic carbocycles. The Labute approximate surface area is 248 Å². The molecule has 9 nitrogen and oxygen atoms in total. The van der Waals surface area contributed by atoms with Crippen molar-refractivity contribution in [2.45, 2.75) is 56.6 Å². The van der Waals surface area contributed by atoms with E-state index in [1.165, 1.54) is 4.90 Å². The van der Waals surface area contributed by atoms with Gasteiger partial charge >= 0.3 is 6.09 Å².